The fourth-order valence-electron chi connectivity index (χ4n) is 2.38. The molecule has 2 aromatic rings. The van der Waals surface area contributed by atoms with Gasteiger partial charge in [0.15, 0.2) is 5.58 Å². The van der Waals surface area contributed by atoms with E-state index in [1.54, 1.807) is 0 Å². The van der Waals surface area contributed by atoms with Gasteiger partial charge in [-0.2, -0.15) is 0 Å². The van der Waals surface area contributed by atoms with Crippen LogP contribution in [0.15, 0.2) is 22.9 Å². The minimum Gasteiger partial charge on any atom is -0.459 e. The zero-order chi connectivity index (χ0) is 11.7. The van der Waals surface area contributed by atoms with E-state index in [4.69, 9.17) is 4.42 Å². The van der Waals surface area contributed by atoms with E-state index in [1.165, 1.54) is 0 Å². The number of fused-ring (bicyclic) bond motifs is 1. The van der Waals surface area contributed by atoms with Crippen LogP contribution in [-0.2, 0) is 0 Å². The average molecular weight is 231 g/mol. The topological polar surface area (TPSA) is 50.1 Å². The number of anilines is 1. The second-order valence-electron chi connectivity index (χ2n) is 4.63. The third-order valence-electron chi connectivity index (χ3n) is 3.24. The number of rotatable bonds is 2. The highest BCUT2D eigenvalue weighted by molar-refractivity contribution is 5.88. The summed E-state index contributed by atoms with van der Waals surface area (Å²) < 4.78 is 5.72. The molecule has 4 heteroatoms. The number of piperidine rings is 1. The van der Waals surface area contributed by atoms with Crippen molar-refractivity contribution in [2.24, 2.45) is 0 Å². The lowest BCUT2D eigenvalue weighted by Crippen LogP contribution is -2.35. The standard InChI is InChI=1S/C13H17N3O/c1-9-6-10-7-15-8-12(13(10)17-9)16-11-2-4-14-5-3-11/h6-8,11,14,16H,2-5H2,1H3. The van der Waals surface area contributed by atoms with Gasteiger partial charge in [-0.1, -0.05) is 0 Å². The first-order valence-corrected chi connectivity index (χ1v) is 6.14. The van der Waals surface area contributed by atoms with Gasteiger partial charge in [0, 0.05) is 17.6 Å². The molecule has 1 aliphatic rings. The number of aromatic nitrogens is 1. The smallest absolute Gasteiger partial charge is 0.160 e. The van der Waals surface area contributed by atoms with Crippen molar-refractivity contribution >= 4 is 16.7 Å². The van der Waals surface area contributed by atoms with Crippen molar-refractivity contribution in [3.05, 3.63) is 24.2 Å². The lowest BCUT2D eigenvalue weighted by atomic mass is 10.1. The highest BCUT2D eigenvalue weighted by Gasteiger charge is 2.15. The molecule has 0 spiro atoms. The van der Waals surface area contributed by atoms with Gasteiger partial charge in [-0.3, -0.25) is 4.98 Å². The minimum absolute atomic E-state index is 0.522. The van der Waals surface area contributed by atoms with Crippen molar-refractivity contribution in [1.82, 2.24) is 10.3 Å². The Balaban J connectivity index is 1.88. The summed E-state index contributed by atoms with van der Waals surface area (Å²) in [5, 5.41) is 7.97. The highest BCUT2D eigenvalue weighted by atomic mass is 16.3. The molecule has 3 rings (SSSR count). The van der Waals surface area contributed by atoms with Crippen LogP contribution in [0.3, 0.4) is 0 Å². The fourth-order valence-corrected chi connectivity index (χ4v) is 2.38. The Morgan fingerprint density at radius 2 is 2.18 bits per heavy atom. The number of hydrogen-bond donors (Lipinski definition) is 2. The molecule has 4 nitrogen and oxygen atoms in total. The molecule has 0 unspecified atom stereocenters. The van der Waals surface area contributed by atoms with Crippen LogP contribution in [-0.4, -0.2) is 24.1 Å². The molecular formula is C13H17N3O. The first kappa shape index (κ1) is 10.6. The Bertz CT molecular complexity index is 514. The van der Waals surface area contributed by atoms with Gasteiger partial charge < -0.3 is 15.1 Å². The predicted molar refractivity (Wildman–Crippen MR) is 68.3 cm³/mol. The number of nitrogens with one attached hydrogen (secondary N) is 2. The van der Waals surface area contributed by atoms with Crippen molar-refractivity contribution in [2.75, 3.05) is 18.4 Å². The average Bonchev–Trinajstić information content (AvgIpc) is 2.72. The van der Waals surface area contributed by atoms with Crippen molar-refractivity contribution in [3.63, 3.8) is 0 Å². The Morgan fingerprint density at radius 1 is 1.35 bits per heavy atom. The molecule has 3 heterocycles. The molecule has 0 saturated carbocycles. The Morgan fingerprint density at radius 3 is 3.00 bits per heavy atom. The van der Waals surface area contributed by atoms with Crippen LogP contribution < -0.4 is 10.6 Å². The lowest BCUT2D eigenvalue weighted by molar-refractivity contribution is 0.478. The maximum Gasteiger partial charge on any atom is 0.160 e. The van der Waals surface area contributed by atoms with E-state index in [0.717, 1.165) is 48.3 Å². The van der Waals surface area contributed by atoms with Gasteiger partial charge >= 0.3 is 0 Å². The van der Waals surface area contributed by atoms with Crippen molar-refractivity contribution in [3.8, 4) is 0 Å². The third-order valence-corrected chi connectivity index (χ3v) is 3.24. The summed E-state index contributed by atoms with van der Waals surface area (Å²) in [4.78, 5) is 4.25. The Hall–Kier alpha value is -1.55. The van der Waals surface area contributed by atoms with E-state index in [-0.39, 0.29) is 0 Å². The monoisotopic (exact) mass is 231 g/mol. The summed E-state index contributed by atoms with van der Waals surface area (Å²) in [7, 11) is 0. The number of nitrogens with zero attached hydrogens (tertiary/aromatic N) is 1. The van der Waals surface area contributed by atoms with Crippen LogP contribution in [0.1, 0.15) is 18.6 Å². The van der Waals surface area contributed by atoms with Crippen molar-refractivity contribution < 1.29 is 4.42 Å². The molecule has 1 aliphatic heterocycles. The molecule has 0 aromatic carbocycles. The number of furan rings is 1. The van der Waals surface area contributed by atoms with Crippen molar-refractivity contribution in [1.29, 1.82) is 0 Å². The largest absolute Gasteiger partial charge is 0.459 e. The molecule has 0 amide bonds. The number of pyridine rings is 1. The summed E-state index contributed by atoms with van der Waals surface area (Å²) in [5.41, 5.74) is 1.94. The van der Waals surface area contributed by atoms with E-state index in [0.29, 0.717) is 6.04 Å². The van der Waals surface area contributed by atoms with Crippen LogP contribution >= 0.6 is 0 Å². The first-order chi connectivity index (χ1) is 8.33. The summed E-state index contributed by atoms with van der Waals surface area (Å²) in [6.07, 6.45) is 6.00. The maximum absolute atomic E-state index is 5.72. The van der Waals surface area contributed by atoms with Crippen LogP contribution in [0.2, 0.25) is 0 Å². The van der Waals surface area contributed by atoms with Crippen LogP contribution in [0.5, 0.6) is 0 Å². The second-order valence-corrected chi connectivity index (χ2v) is 4.63. The normalized spacial score (nSPS) is 17.5. The van der Waals surface area contributed by atoms with Gasteiger partial charge in [-0.25, -0.2) is 0 Å². The summed E-state index contributed by atoms with van der Waals surface area (Å²) >= 11 is 0. The Kier molecular flexibility index (Phi) is 2.73. The van der Waals surface area contributed by atoms with Gasteiger partial charge in [0.05, 0.1) is 11.9 Å². The van der Waals surface area contributed by atoms with E-state index in [9.17, 15) is 0 Å². The van der Waals surface area contributed by atoms with Crippen LogP contribution in [0.4, 0.5) is 5.69 Å². The molecule has 1 saturated heterocycles. The van der Waals surface area contributed by atoms with Gasteiger partial charge in [0.2, 0.25) is 0 Å². The quantitative estimate of drug-likeness (QED) is 0.832. The van der Waals surface area contributed by atoms with E-state index >= 15 is 0 Å². The molecule has 0 atom stereocenters. The molecule has 2 N–H and O–H groups in total. The summed E-state index contributed by atoms with van der Waals surface area (Å²) in [6, 6.07) is 2.55. The van der Waals surface area contributed by atoms with Crippen LogP contribution in [0, 0.1) is 6.92 Å². The molecule has 0 aliphatic carbocycles. The first-order valence-electron chi connectivity index (χ1n) is 6.14. The summed E-state index contributed by atoms with van der Waals surface area (Å²) in [5.74, 6) is 0.932. The molecule has 17 heavy (non-hydrogen) atoms. The SMILES string of the molecule is Cc1cc2cncc(NC3CCNCC3)c2o1. The minimum atomic E-state index is 0.522. The van der Waals surface area contributed by atoms with E-state index < -0.39 is 0 Å². The number of hydrogen-bond acceptors (Lipinski definition) is 4. The molecule has 2 aromatic heterocycles. The zero-order valence-corrected chi connectivity index (χ0v) is 9.99. The van der Waals surface area contributed by atoms with E-state index in [2.05, 4.69) is 15.6 Å². The second kappa shape index (κ2) is 4.37. The van der Waals surface area contributed by atoms with E-state index in [1.807, 2.05) is 25.4 Å². The van der Waals surface area contributed by atoms with Gasteiger partial charge in [0.25, 0.3) is 0 Å². The molecular weight excluding hydrogens is 214 g/mol. The predicted octanol–water partition coefficient (Wildman–Crippen LogP) is 2.30. The van der Waals surface area contributed by atoms with Gasteiger partial charge in [-0.15, -0.1) is 0 Å². The zero-order valence-electron chi connectivity index (χ0n) is 9.99. The molecule has 90 valence electrons. The molecule has 0 radical (unpaired) electrons. The highest BCUT2D eigenvalue weighted by Crippen LogP contribution is 2.26. The molecule has 0 bridgehead atoms. The lowest BCUT2D eigenvalue weighted by Gasteiger charge is -2.24. The maximum atomic E-state index is 5.72. The van der Waals surface area contributed by atoms with Gasteiger partial charge in [0.1, 0.15) is 5.76 Å². The Labute approximate surface area is 100 Å². The van der Waals surface area contributed by atoms with Crippen LogP contribution in [0.25, 0.3) is 11.0 Å². The van der Waals surface area contributed by atoms with Gasteiger partial charge in [-0.05, 0) is 38.9 Å². The number of aryl methyl sites for hydroxylation is 1. The molecule has 1 fully saturated rings. The van der Waals surface area contributed by atoms with Crippen molar-refractivity contribution in [2.45, 2.75) is 25.8 Å². The third kappa shape index (κ3) is 2.13. The summed E-state index contributed by atoms with van der Waals surface area (Å²) in [6.45, 7) is 4.13. The fraction of sp³-hybridized carbons (Fsp3) is 0.462.